The summed E-state index contributed by atoms with van der Waals surface area (Å²) in [6, 6.07) is 10.1. The van der Waals surface area contributed by atoms with Gasteiger partial charge in [0.15, 0.2) is 0 Å². The highest BCUT2D eigenvalue weighted by atomic mass is 79.9. The summed E-state index contributed by atoms with van der Waals surface area (Å²) < 4.78 is 1.14. The first kappa shape index (κ1) is 14.4. The number of halogens is 3. The number of benzene rings is 1. The van der Waals surface area contributed by atoms with E-state index in [1.807, 2.05) is 19.2 Å². The Labute approximate surface area is 129 Å². The summed E-state index contributed by atoms with van der Waals surface area (Å²) in [5.41, 5.74) is 1.10. The SMILES string of the molecule is CNC(Cc1ccc(Cl)cc1Cl)c1ccc(Br)s1. The third-order valence-corrected chi connectivity index (χ3v) is 5.05. The van der Waals surface area contributed by atoms with Crippen molar-refractivity contribution in [3.8, 4) is 0 Å². The van der Waals surface area contributed by atoms with E-state index in [4.69, 9.17) is 23.2 Å². The van der Waals surface area contributed by atoms with Gasteiger partial charge in [0.25, 0.3) is 0 Å². The molecule has 96 valence electrons. The molecule has 0 amide bonds. The van der Waals surface area contributed by atoms with Gasteiger partial charge in [-0.2, -0.15) is 0 Å². The molecule has 1 heterocycles. The van der Waals surface area contributed by atoms with Crippen LogP contribution in [0.25, 0.3) is 0 Å². The first-order valence-corrected chi connectivity index (χ1v) is 7.83. The van der Waals surface area contributed by atoms with E-state index in [2.05, 4.69) is 33.4 Å². The molecular formula is C13H12BrCl2NS. The third kappa shape index (κ3) is 3.49. The van der Waals surface area contributed by atoms with E-state index in [0.29, 0.717) is 5.02 Å². The highest BCUT2D eigenvalue weighted by Crippen LogP contribution is 2.31. The van der Waals surface area contributed by atoms with Gasteiger partial charge in [0, 0.05) is 21.0 Å². The van der Waals surface area contributed by atoms with Gasteiger partial charge in [-0.05, 0) is 59.2 Å². The Morgan fingerprint density at radius 2 is 2.06 bits per heavy atom. The molecule has 1 aromatic heterocycles. The van der Waals surface area contributed by atoms with Crippen LogP contribution in [0.3, 0.4) is 0 Å². The minimum Gasteiger partial charge on any atom is -0.312 e. The van der Waals surface area contributed by atoms with Crippen LogP contribution < -0.4 is 5.32 Å². The maximum Gasteiger partial charge on any atom is 0.0701 e. The van der Waals surface area contributed by atoms with Crippen molar-refractivity contribution in [3.63, 3.8) is 0 Å². The lowest BCUT2D eigenvalue weighted by Crippen LogP contribution is -2.17. The zero-order chi connectivity index (χ0) is 13.1. The molecule has 18 heavy (non-hydrogen) atoms. The minimum absolute atomic E-state index is 0.264. The molecule has 5 heteroatoms. The molecule has 1 aromatic carbocycles. The molecule has 1 nitrogen and oxygen atoms in total. The maximum atomic E-state index is 6.21. The third-order valence-electron chi connectivity index (χ3n) is 2.73. The van der Waals surface area contributed by atoms with Crippen LogP contribution in [0.15, 0.2) is 34.1 Å². The number of nitrogens with one attached hydrogen (secondary N) is 1. The van der Waals surface area contributed by atoms with Gasteiger partial charge in [0.2, 0.25) is 0 Å². The van der Waals surface area contributed by atoms with Crippen molar-refractivity contribution in [2.45, 2.75) is 12.5 Å². The lowest BCUT2D eigenvalue weighted by Gasteiger charge is -2.15. The smallest absolute Gasteiger partial charge is 0.0701 e. The molecule has 0 radical (unpaired) electrons. The summed E-state index contributed by atoms with van der Waals surface area (Å²) >= 11 is 17.3. The zero-order valence-corrected chi connectivity index (χ0v) is 13.6. The van der Waals surface area contributed by atoms with Crippen LogP contribution in [0.1, 0.15) is 16.5 Å². The van der Waals surface area contributed by atoms with Crippen molar-refractivity contribution in [2.24, 2.45) is 0 Å². The molecule has 1 unspecified atom stereocenters. The Morgan fingerprint density at radius 3 is 2.61 bits per heavy atom. The summed E-state index contributed by atoms with van der Waals surface area (Å²) in [5.74, 6) is 0. The monoisotopic (exact) mass is 363 g/mol. The number of likely N-dealkylation sites (N-methyl/N-ethyl adjacent to an activating group) is 1. The molecule has 1 N–H and O–H groups in total. The van der Waals surface area contributed by atoms with Gasteiger partial charge in [-0.1, -0.05) is 29.3 Å². The van der Waals surface area contributed by atoms with Crippen molar-refractivity contribution in [3.05, 3.63) is 54.6 Å². The lowest BCUT2D eigenvalue weighted by atomic mass is 10.0. The van der Waals surface area contributed by atoms with Crippen LogP contribution in [0.4, 0.5) is 0 Å². The van der Waals surface area contributed by atoms with E-state index in [0.717, 1.165) is 20.8 Å². The standard InChI is InChI=1S/C13H12BrCl2NS/c1-17-11(12-4-5-13(14)18-12)6-8-2-3-9(15)7-10(8)16/h2-5,7,11,17H,6H2,1H3. The highest BCUT2D eigenvalue weighted by Gasteiger charge is 2.14. The second kappa shape index (κ2) is 6.40. The fraction of sp³-hybridized carbons (Fsp3) is 0.231. The van der Waals surface area contributed by atoms with Crippen LogP contribution in [-0.4, -0.2) is 7.05 Å². The van der Waals surface area contributed by atoms with E-state index < -0.39 is 0 Å². The molecule has 1 atom stereocenters. The van der Waals surface area contributed by atoms with Gasteiger partial charge in [0.1, 0.15) is 0 Å². The predicted molar refractivity (Wildman–Crippen MR) is 84.0 cm³/mol. The maximum absolute atomic E-state index is 6.21. The number of hydrogen-bond acceptors (Lipinski definition) is 2. The summed E-state index contributed by atoms with van der Waals surface area (Å²) in [4.78, 5) is 1.29. The second-order valence-electron chi connectivity index (χ2n) is 3.92. The molecular weight excluding hydrogens is 353 g/mol. The van der Waals surface area contributed by atoms with Crippen molar-refractivity contribution < 1.29 is 0 Å². The summed E-state index contributed by atoms with van der Waals surface area (Å²) in [5, 5.41) is 4.71. The molecule has 0 aliphatic heterocycles. The molecule has 0 fully saturated rings. The van der Waals surface area contributed by atoms with E-state index >= 15 is 0 Å². The molecule has 0 aliphatic carbocycles. The van der Waals surface area contributed by atoms with Crippen LogP contribution in [0.5, 0.6) is 0 Å². The van der Waals surface area contributed by atoms with Crippen molar-refractivity contribution in [1.29, 1.82) is 0 Å². The van der Waals surface area contributed by atoms with Gasteiger partial charge in [0.05, 0.1) is 3.79 Å². The summed E-state index contributed by atoms with van der Waals surface area (Å²) in [6.45, 7) is 0. The fourth-order valence-corrected chi connectivity index (χ4v) is 3.79. The van der Waals surface area contributed by atoms with Gasteiger partial charge < -0.3 is 5.32 Å². The van der Waals surface area contributed by atoms with Gasteiger partial charge in [-0.15, -0.1) is 11.3 Å². The molecule has 2 rings (SSSR count). The molecule has 0 aliphatic rings. The average molecular weight is 365 g/mol. The van der Waals surface area contributed by atoms with Gasteiger partial charge in [-0.3, -0.25) is 0 Å². The van der Waals surface area contributed by atoms with E-state index in [-0.39, 0.29) is 6.04 Å². The predicted octanol–water partition coefficient (Wildman–Crippen LogP) is 5.32. The average Bonchev–Trinajstić information content (AvgIpc) is 2.75. The quantitative estimate of drug-likeness (QED) is 0.773. The largest absolute Gasteiger partial charge is 0.312 e. The Kier molecular flexibility index (Phi) is 5.10. The minimum atomic E-state index is 0.264. The van der Waals surface area contributed by atoms with E-state index in [1.54, 1.807) is 17.4 Å². The Morgan fingerprint density at radius 1 is 1.28 bits per heavy atom. The second-order valence-corrected chi connectivity index (χ2v) is 7.26. The van der Waals surface area contributed by atoms with Gasteiger partial charge in [-0.25, -0.2) is 0 Å². The van der Waals surface area contributed by atoms with Crippen molar-refractivity contribution in [1.82, 2.24) is 5.32 Å². The van der Waals surface area contributed by atoms with E-state index in [9.17, 15) is 0 Å². The number of hydrogen-bond donors (Lipinski definition) is 1. The number of thiophene rings is 1. The van der Waals surface area contributed by atoms with Crippen molar-refractivity contribution >= 4 is 50.5 Å². The van der Waals surface area contributed by atoms with Gasteiger partial charge >= 0.3 is 0 Å². The van der Waals surface area contributed by atoms with E-state index in [1.165, 1.54) is 4.88 Å². The highest BCUT2D eigenvalue weighted by molar-refractivity contribution is 9.11. The molecule has 0 saturated heterocycles. The fourth-order valence-electron chi connectivity index (χ4n) is 1.77. The Balaban J connectivity index is 2.20. The van der Waals surface area contributed by atoms with Crippen LogP contribution in [0, 0.1) is 0 Å². The molecule has 0 spiro atoms. The van der Waals surface area contributed by atoms with Crippen LogP contribution >= 0.6 is 50.5 Å². The van der Waals surface area contributed by atoms with Crippen LogP contribution in [0.2, 0.25) is 10.0 Å². The molecule has 0 bridgehead atoms. The van der Waals surface area contributed by atoms with Crippen LogP contribution in [-0.2, 0) is 6.42 Å². The molecule has 0 saturated carbocycles. The Hall–Kier alpha value is -0.0600. The summed E-state index contributed by atoms with van der Waals surface area (Å²) in [6.07, 6.45) is 0.847. The lowest BCUT2D eigenvalue weighted by molar-refractivity contribution is 0.602. The molecule has 2 aromatic rings. The summed E-state index contributed by atoms with van der Waals surface area (Å²) in [7, 11) is 1.96. The first-order chi connectivity index (χ1) is 8.60. The van der Waals surface area contributed by atoms with Crippen molar-refractivity contribution in [2.75, 3.05) is 7.05 Å². The Bertz CT molecular complexity index is 542. The first-order valence-electron chi connectivity index (χ1n) is 5.46. The normalized spacial score (nSPS) is 12.7. The topological polar surface area (TPSA) is 12.0 Å². The zero-order valence-electron chi connectivity index (χ0n) is 9.71. The number of rotatable bonds is 4.